The largest absolute Gasteiger partial charge is 0.490 e. The molecule has 0 atom stereocenters. The van der Waals surface area contributed by atoms with Crippen molar-refractivity contribution >= 4 is 0 Å². The van der Waals surface area contributed by atoms with Crippen molar-refractivity contribution in [2.24, 2.45) is 11.8 Å². The third-order valence-electron chi connectivity index (χ3n) is 10.2. The van der Waals surface area contributed by atoms with Crippen LogP contribution in [0.1, 0.15) is 108 Å². The van der Waals surface area contributed by atoms with Crippen molar-refractivity contribution in [2.75, 3.05) is 13.2 Å². The highest BCUT2D eigenvalue weighted by Crippen LogP contribution is 2.44. The van der Waals surface area contributed by atoms with Gasteiger partial charge in [0, 0.05) is 16.7 Å². The number of hydrogen-bond acceptors (Lipinski definition) is 3. The average molecular weight is 677 g/mol. The Morgan fingerprint density at radius 1 is 0.542 bits per heavy atom. The van der Waals surface area contributed by atoms with Crippen LogP contribution in [0.5, 0.6) is 11.5 Å². The van der Waals surface area contributed by atoms with Crippen LogP contribution in [0.3, 0.4) is 0 Å². The lowest BCUT2D eigenvalue weighted by atomic mass is 9.69. The number of benzene rings is 3. The van der Waals surface area contributed by atoms with Gasteiger partial charge in [0.1, 0.15) is 0 Å². The average Bonchev–Trinajstić information content (AvgIpc) is 3.10. The molecule has 2 saturated carbocycles. The van der Waals surface area contributed by atoms with Crippen LogP contribution in [0, 0.1) is 46.7 Å². The number of hydrogen-bond donors (Lipinski definition) is 0. The minimum atomic E-state index is -1.29. The molecular weight excluding hydrogens is 630 g/mol. The predicted octanol–water partition coefficient (Wildman–Crippen LogP) is 11.6. The van der Waals surface area contributed by atoms with Gasteiger partial charge in [0.05, 0.1) is 25.9 Å². The lowest BCUT2D eigenvalue weighted by Crippen LogP contribution is -2.28. The Balaban J connectivity index is 1.10. The summed E-state index contributed by atoms with van der Waals surface area (Å²) in [6.07, 6.45) is 10.1. The molecule has 0 radical (unpaired) electrons. The van der Waals surface area contributed by atoms with Crippen LogP contribution in [0.15, 0.2) is 36.4 Å². The molecule has 0 bridgehead atoms. The van der Waals surface area contributed by atoms with E-state index in [1.165, 1.54) is 24.3 Å². The summed E-state index contributed by atoms with van der Waals surface area (Å²) >= 11 is 0. The maximum atomic E-state index is 15.1. The molecule has 0 aromatic heterocycles. The van der Waals surface area contributed by atoms with Gasteiger partial charge in [0.2, 0.25) is 11.6 Å². The molecule has 0 heterocycles. The van der Waals surface area contributed by atoms with E-state index in [4.69, 9.17) is 14.2 Å². The lowest BCUT2D eigenvalue weighted by molar-refractivity contribution is -0.00322. The molecule has 0 saturated heterocycles. The summed E-state index contributed by atoms with van der Waals surface area (Å²) in [5, 5.41) is 0. The van der Waals surface area contributed by atoms with Crippen molar-refractivity contribution < 1.29 is 40.6 Å². The van der Waals surface area contributed by atoms with Crippen molar-refractivity contribution in [1.82, 2.24) is 0 Å². The summed E-state index contributed by atoms with van der Waals surface area (Å²) in [5.41, 5.74) is -0.301. The van der Waals surface area contributed by atoms with E-state index in [0.717, 1.165) is 70.6 Å². The standard InChI is InChI=1S/C39H46F6O3/c1-3-5-21-46-32-19-17-29(35(41)38(32)44)26-9-7-24(8-10-26)25-11-14-28(15-12-25)48-23-27-13-16-30(36(42)34(27)40)31-18-20-33(39(45)37(31)43)47-22-6-4-2/h13,16-20,24-26,28H,3-12,14-15,21-23H2,1-2H3. The molecule has 5 rings (SSSR count). The molecule has 0 spiro atoms. The monoisotopic (exact) mass is 676 g/mol. The summed E-state index contributed by atoms with van der Waals surface area (Å²) in [6.45, 7) is 4.41. The van der Waals surface area contributed by atoms with Crippen molar-refractivity contribution in [1.29, 1.82) is 0 Å². The topological polar surface area (TPSA) is 27.7 Å². The smallest absolute Gasteiger partial charge is 0.201 e. The highest BCUT2D eigenvalue weighted by molar-refractivity contribution is 5.66. The van der Waals surface area contributed by atoms with Crippen molar-refractivity contribution in [2.45, 2.75) is 110 Å². The van der Waals surface area contributed by atoms with Crippen LogP contribution >= 0.6 is 0 Å². The SMILES string of the molecule is CCCCOc1ccc(-c2ccc(COC3CCC(C4CCC(c5ccc(OCCCC)c(F)c5F)CC4)CC3)c(F)c2F)c(F)c1F. The molecule has 3 aromatic carbocycles. The van der Waals surface area contributed by atoms with Gasteiger partial charge in [0.15, 0.2) is 34.8 Å². The zero-order chi connectivity index (χ0) is 34.2. The zero-order valence-electron chi connectivity index (χ0n) is 27.9. The fourth-order valence-corrected chi connectivity index (χ4v) is 7.22. The molecule has 3 aromatic rings. The van der Waals surface area contributed by atoms with Gasteiger partial charge in [-0.15, -0.1) is 0 Å². The Bertz CT molecular complexity index is 1510. The van der Waals surface area contributed by atoms with Crippen LogP contribution < -0.4 is 9.47 Å². The Morgan fingerprint density at radius 3 is 1.62 bits per heavy atom. The summed E-state index contributed by atoms with van der Waals surface area (Å²) in [5.74, 6) is -5.90. The summed E-state index contributed by atoms with van der Waals surface area (Å²) in [6, 6.07) is 8.24. The minimum absolute atomic E-state index is 0.0127. The second-order valence-electron chi connectivity index (χ2n) is 13.3. The van der Waals surface area contributed by atoms with E-state index in [9.17, 15) is 17.6 Å². The van der Waals surface area contributed by atoms with Crippen molar-refractivity contribution in [3.8, 4) is 22.6 Å². The van der Waals surface area contributed by atoms with E-state index in [-0.39, 0.29) is 53.4 Å². The molecule has 9 heteroatoms. The van der Waals surface area contributed by atoms with E-state index < -0.39 is 34.9 Å². The third kappa shape index (κ3) is 8.32. The van der Waals surface area contributed by atoms with Gasteiger partial charge in [-0.1, -0.05) is 44.9 Å². The maximum absolute atomic E-state index is 15.1. The van der Waals surface area contributed by atoms with Crippen LogP contribution in [0.4, 0.5) is 26.3 Å². The quantitative estimate of drug-likeness (QED) is 0.126. The Labute approximate surface area is 280 Å². The highest BCUT2D eigenvalue weighted by atomic mass is 19.2. The minimum Gasteiger partial charge on any atom is -0.490 e. The Hall–Kier alpha value is -3.20. The molecule has 0 N–H and O–H groups in total. The first-order valence-corrected chi connectivity index (χ1v) is 17.5. The molecule has 2 fully saturated rings. The van der Waals surface area contributed by atoms with E-state index in [1.54, 1.807) is 12.1 Å². The molecule has 0 aliphatic heterocycles. The van der Waals surface area contributed by atoms with Crippen LogP contribution in [0.2, 0.25) is 0 Å². The summed E-state index contributed by atoms with van der Waals surface area (Å²) in [4.78, 5) is 0. The zero-order valence-corrected chi connectivity index (χ0v) is 27.9. The number of halogens is 6. The first kappa shape index (κ1) is 36.1. The number of ether oxygens (including phenoxy) is 3. The molecule has 0 unspecified atom stereocenters. The maximum Gasteiger partial charge on any atom is 0.201 e. The van der Waals surface area contributed by atoms with Crippen LogP contribution in [-0.4, -0.2) is 19.3 Å². The molecule has 3 nitrogen and oxygen atoms in total. The lowest BCUT2D eigenvalue weighted by Gasteiger charge is -2.38. The van der Waals surface area contributed by atoms with Gasteiger partial charge >= 0.3 is 0 Å². The molecule has 262 valence electrons. The van der Waals surface area contributed by atoms with E-state index in [2.05, 4.69) is 0 Å². The third-order valence-corrected chi connectivity index (χ3v) is 10.2. The summed E-state index contributed by atoms with van der Waals surface area (Å²) < 4.78 is 106. The summed E-state index contributed by atoms with van der Waals surface area (Å²) in [7, 11) is 0. The normalized spacial score (nSPS) is 21.3. The van der Waals surface area contributed by atoms with Gasteiger partial charge in [-0.3, -0.25) is 0 Å². The molecule has 0 amide bonds. The van der Waals surface area contributed by atoms with Gasteiger partial charge in [-0.25, -0.2) is 17.6 Å². The molecule has 48 heavy (non-hydrogen) atoms. The van der Waals surface area contributed by atoms with Gasteiger partial charge in [0.25, 0.3) is 0 Å². The van der Waals surface area contributed by atoms with Gasteiger partial charge in [-0.2, -0.15) is 8.78 Å². The van der Waals surface area contributed by atoms with E-state index >= 15 is 8.78 Å². The van der Waals surface area contributed by atoms with Gasteiger partial charge < -0.3 is 14.2 Å². The van der Waals surface area contributed by atoms with Gasteiger partial charge in [-0.05, 0) is 106 Å². The predicted molar refractivity (Wildman–Crippen MR) is 174 cm³/mol. The van der Waals surface area contributed by atoms with Crippen molar-refractivity contribution in [3.63, 3.8) is 0 Å². The first-order chi connectivity index (χ1) is 23.2. The molecule has 2 aliphatic rings. The fraction of sp³-hybridized carbons (Fsp3) is 0.538. The van der Waals surface area contributed by atoms with Crippen LogP contribution in [-0.2, 0) is 11.3 Å². The van der Waals surface area contributed by atoms with E-state index in [0.29, 0.717) is 30.4 Å². The van der Waals surface area contributed by atoms with Crippen LogP contribution in [0.25, 0.3) is 11.1 Å². The second-order valence-corrected chi connectivity index (χ2v) is 13.3. The second kappa shape index (κ2) is 17.0. The highest BCUT2D eigenvalue weighted by Gasteiger charge is 2.33. The molecule has 2 aliphatic carbocycles. The number of unbranched alkanes of at least 4 members (excludes halogenated alkanes) is 2. The molecular formula is C39H46F6O3. The van der Waals surface area contributed by atoms with E-state index in [1.807, 2.05) is 13.8 Å². The Morgan fingerprint density at radius 2 is 1.04 bits per heavy atom. The number of rotatable bonds is 14. The Kier molecular flexibility index (Phi) is 12.7. The van der Waals surface area contributed by atoms with Crippen molar-refractivity contribution in [3.05, 3.63) is 82.4 Å². The fourth-order valence-electron chi connectivity index (χ4n) is 7.22. The first-order valence-electron chi connectivity index (χ1n) is 17.5.